The molecule has 1 rings (SSSR count). The fourth-order valence-corrected chi connectivity index (χ4v) is 2.40. The van der Waals surface area contributed by atoms with Gasteiger partial charge in [0.2, 0.25) is 0 Å². The average molecular weight is 213 g/mol. The predicted octanol–water partition coefficient (Wildman–Crippen LogP) is 0.963. The van der Waals surface area contributed by atoms with Crippen molar-refractivity contribution >= 4 is 0 Å². The summed E-state index contributed by atoms with van der Waals surface area (Å²) in [7, 11) is 4.34. The van der Waals surface area contributed by atoms with Crippen LogP contribution in [0, 0.1) is 0 Å². The summed E-state index contributed by atoms with van der Waals surface area (Å²) in [6.45, 7) is 12.9. The van der Waals surface area contributed by atoms with Gasteiger partial charge in [0.15, 0.2) is 0 Å². The van der Waals surface area contributed by atoms with Crippen molar-refractivity contribution in [3.63, 3.8) is 0 Å². The third-order valence-electron chi connectivity index (χ3n) is 3.35. The molecule has 1 fully saturated rings. The lowest BCUT2D eigenvalue weighted by molar-refractivity contribution is 0.0476. The van der Waals surface area contributed by atoms with Gasteiger partial charge in [-0.2, -0.15) is 0 Å². The van der Waals surface area contributed by atoms with Crippen molar-refractivity contribution in [1.29, 1.82) is 0 Å². The molecule has 3 nitrogen and oxygen atoms in total. The smallest absolute Gasteiger partial charge is 0.0350 e. The molecule has 1 heterocycles. The summed E-state index contributed by atoms with van der Waals surface area (Å²) in [6.07, 6.45) is 0. The monoisotopic (exact) mass is 213 g/mol. The van der Waals surface area contributed by atoms with Gasteiger partial charge < -0.3 is 4.90 Å². The molecule has 0 spiro atoms. The average Bonchev–Trinajstić information content (AvgIpc) is 2.16. The van der Waals surface area contributed by atoms with Gasteiger partial charge in [0.1, 0.15) is 0 Å². The van der Waals surface area contributed by atoms with Gasteiger partial charge in [0, 0.05) is 38.3 Å². The van der Waals surface area contributed by atoms with Gasteiger partial charge in [0.25, 0.3) is 0 Å². The van der Waals surface area contributed by atoms with Crippen LogP contribution in [-0.2, 0) is 0 Å². The van der Waals surface area contributed by atoms with Gasteiger partial charge in [-0.1, -0.05) is 6.92 Å². The zero-order chi connectivity index (χ0) is 11.4. The fraction of sp³-hybridized carbons (Fsp3) is 1.00. The second kappa shape index (κ2) is 5.83. The first-order valence-electron chi connectivity index (χ1n) is 6.17. The van der Waals surface area contributed by atoms with Crippen LogP contribution in [0.25, 0.3) is 0 Å². The fourth-order valence-electron chi connectivity index (χ4n) is 2.40. The van der Waals surface area contributed by atoms with Crippen LogP contribution in [0.5, 0.6) is 0 Å². The normalized spacial score (nSPS) is 25.4. The van der Waals surface area contributed by atoms with Gasteiger partial charge in [-0.15, -0.1) is 0 Å². The minimum absolute atomic E-state index is 0.689. The van der Waals surface area contributed by atoms with Gasteiger partial charge >= 0.3 is 0 Å². The van der Waals surface area contributed by atoms with Gasteiger partial charge in [0.05, 0.1) is 0 Å². The van der Waals surface area contributed by atoms with Crippen LogP contribution >= 0.6 is 0 Å². The summed E-state index contributed by atoms with van der Waals surface area (Å²) in [5.41, 5.74) is 0. The van der Waals surface area contributed by atoms with Crippen molar-refractivity contribution in [2.45, 2.75) is 32.9 Å². The number of hydrogen-bond donors (Lipinski definition) is 0. The molecule has 0 saturated carbocycles. The molecule has 3 heteroatoms. The van der Waals surface area contributed by atoms with Crippen LogP contribution in [-0.4, -0.2) is 73.6 Å². The van der Waals surface area contributed by atoms with Gasteiger partial charge in [-0.3, -0.25) is 9.80 Å². The molecule has 0 aromatic heterocycles. The van der Waals surface area contributed by atoms with Gasteiger partial charge in [-0.05, 0) is 34.5 Å². The summed E-state index contributed by atoms with van der Waals surface area (Å²) >= 11 is 0. The van der Waals surface area contributed by atoms with E-state index in [-0.39, 0.29) is 0 Å². The molecule has 1 unspecified atom stereocenters. The van der Waals surface area contributed by atoms with Crippen molar-refractivity contribution in [3.8, 4) is 0 Å². The minimum atomic E-state index is 0.689. The highest BCUT2D eigenvalue weighted by atomic mass is 15.3. The summed E-state index contributed by atoms with van der Waals surface area (Å²) < 4.78 is 0. The van der Waals surface area contributed by atoms with Crippen molar-refractivity contribution in [1.82, 2.24) is 14.7 Å². The third-order valence-corrected chi connectivity index (χ3v) is 3.35. The summed E-state index contributed by atoms with van der Waals surface area (Å²) in [5, 5.41) is 0. The molecule has 1 saturated heterocycles. The Morgan fingerprint density at radius 1 is 1.27 bits per heavy atom. The van der Waals surface area contributed by atoms with Crippen LogP contribution in [0.2, 0.25) is 0 Å². The molecule has 0 aromatic rings. The molecule has 0 bridgehead atoms. The first-order chi connectivity index (χ1) is 7.04. The number of nitrogens with zero attached hydrogens (tertiary/aromatic N) is 3. The van der Waals surface area contributed by atoms with Crippen LogP contribution in [0.15, 0.2) is 0 Å². The molecule has 1 atom stereocenters. The Kier molecular flexibility index (Phi) is 5.03. The van der Waals surface area contributed by atoms with E-state index >= 15 is 0 Å². The highest BCUT2D eigenvalue weighted by Crippen LogP contribution is 2.12. The van der Waals surface area contributed by atoms with Crippen LogP contribution in [0.3, 0.4) is 0 Å². The Morgan fingerprint density at radius 2 is 1.93 bits per heavy atom. The number of hydrogen-bond acceptors (Lipinski definition) is 3. The summed E-state index contributed by atoms with van der Waals surface area (Å²) in [5.74, 6) is 0. The minimum Gasteiger partial charge on any atom is -0.308 e. The first kappa shape index (κ1) is 12.9. The molecule has 0 amide bonds. The topological polar surface area (TPSA) is 9.72 Å². The SMILES string of the molecule is CCN1CCN(C(C)C)CC1CN(C)C. The third kappa shape index (κ3) is 3.74. The lowest BCUT2D eigenvalue weighted by atomic mass is 10.1. The zero-order valence-corrected chi connectivity index (χ0v) is 11.0. The molecule has 0 aliphatic carbocycles. The van der Waals surface area contributed by atoms with Crippen molar-refractivity contribution in [2.24, 2.45) is 0 Å². The van der Waals surface area contributed by atoms with Crippen LogP contribution in [0.1, 0.15) is 20.8 Å². The molecule has 15 heavy (non-hydrogen) atoms. The Bertz CT molecular complexity index is 180. The Balaban J connectivity index is 2.53. The van der Waals surface area contributed by atoms with E-state index in [0.717, 1.165) is 0 Å². The van der Waals surface area contributed by atoms with Gasteiger partial charge in [-0.25, -0.2) is 0 Å². The quantitative estimate of drug-likeness (QED) is 0.689. The zero-order valence-electron chi connectivity index (χ0n) is 11.0. The second-order valence-electron chi connectivity index (χ2n) is 5.13. The molecule has 1 aliphatic heterocycles. The van der Waals surface area contributed by atoms with Crippen molar-refractivity contribution in [3.05, 3.63) is 0 Å². The van der Waals surface area contributed by atoms with Crippen molar-refractivity contribution in [2.75, 3.05) is 46.8 Å². The Morgan fingerprint density at radius 3 is 2.40 bits per heavy atom. The molecular formula is C12H27N3. The molecular weight excluding hydrogens is 186 g/mol. The van der Waals surface area contributed by atoms with Crippen LogP contribution in [0.4, 0.5) is 0 Å². The van der Waals surface area contributed by atoms with E-state index in [0.29, 0.717) is 12.1 Å². The number of likely N-dealkylation sites (N-methyl/N-ethyl adjacent to an activating group) is 2. The van der Waals surface area contributed by atoms with E-state index < -0.39 is 0 Å². The van der Waals surface area contributed by atoms with E-state index in [9.17, 15) is 0 Å². The maximum absolute atomic E-state index is 2.61. The maximum Gasteiger partial charge on any atom is 0.0350 e. The largest absolute Gasteiger partial charge is 0.308 e. The molecule has 1 aliphatic rings. The number of rotatable bonds is 4. The van der Waals surface area contributed by atoms with Crippen molar-refractivity contribution < 1.29 is 0 Å². The van der Waals surface area contributed by atoms with E-state index in [2.05, 4.69) is 49.6 Å². The van der Waals surface area contributed by atoms with E-state index in [1.54, 1.807) is 0 Å². The standard InChI is InChI=1S/C12H27N3/c1-6-14-7-8-15(11(2)3)10-12(14)9-13(4)5/h11-12H,6-10H2,1-5H3. The highest BCUT2D eigenvalue weighted by molar-refractivity contribution is 4.84. The van der Waals surface area contributed by atoms with E-state index in [4.69, 9.17) is 0 Å². The summed E-state index contributed by atoms with van der Waals surface area (Å²) in [4.78, 5) is 7.51. The Labute approximate surface area is 95.0 Å². The predicted molar refractivity (Wildman–Crippen MR) is 66.3 cm³/mol. The van der Waals surface area contributed by atoms with Crippen LogP contribution < -0.4 is 0 Å². The Hall–Kier alpha value is -0.120. The number of piperazine rings is 1. The van der Waals surface area contributed by atoms with E-state index in [1.165, 1.54) is 32.7 Å². The highest BCUT2D eigenvalue weighted by Gasteiger charge is 2.27. The lowest BCUT2D eigenvalue weighted by Crippen LogP contribution is -2.57. The second-order valence-corrected chi connectivity index (χ2v) is 5.13. The molecule has 0 radical (unpaired) electrons. The molecule has 0 aromatic carbocycles. The maximum atomic E-state index is 2.61. The first-order valence-corrected chi connectivity index (χ1v) is 6.17. The van der Waals surface area contributed by atoms with E-state index in [1.807, 2.05) is 0 Å². The summed E-state index contributed by atoms with van der Waals surface area (Å²) in [6, 6.07) is 1.40. The molecule has 0 N–H and O–H groups in total. The lowest BCUT2D eigenvalue weighted by Gasteiger charge is -2.43. The molecule has 90 valence electrons.